The van der Waals surface area contributed by atoms with Gasteiger partial charge in [0.25, 0.3) is 0 Å². The lowest BCUT2D eigenvalue weighted by Gasteiger charge is -2.19. The summed E-state index contributed by atoms with van der Waals surface area (Å²) in [6.45, 7) is 6.29. The molecule has 0 aliphatic carbocycles. The van der Waals surface area contributed by atoms with Gasteiger partial charge in [-0.1, -0.05) is 13.3 Å². The van der Waals surface area contributed by atoms with Crippen molar-refractivity contribution in [3.05, 3.63) is 47.6 Å². The monoisotopic (exact) mass is 457 g/mol. The topological polar surface area (TPSA) is 92.5 Å². The third-order valence-corrected chi connectivity index (χ3v) is 6.48. The number of amides is 1. The third kappa shape index (κ3) is 4.68. The molecule has 0 aliphatic heterocycles. The molecule has 0 N–H and O–H groups in total. The highest BCUT2D eigenvalue weighted by Crippen LogP contribution is 2.29. The summed E-state index contributed by atoms with van der Waals surface area (Å²) in [6.07, 6.45) is 4.55. The Labute approximate surface area is 191 Å². The number of ether oxygens (including phenoxy) is 2. The van der Waals surface area contributed by atoms with Crippen LogP contribution in [0.4, 0.5) is 4.79 Å². The van der Waals surface area contributed by atoms with Crippen LogP contribution in [-0.4, -0.2) is 57.8 Å². The maximum Gasteiger partial charge on any atom is 0.333 e. The Hall–Kier alpha value is -2.78. The average molecular weight is 458 g/mol. The molecule has 1 radical (unpaired) electrons. The van der Waals surface area contributed by atoms with E-state index < -0.39 is 11.2 Å². The predicted molar refractivity (Wildman–Crippen MR) is 125 cm³/mol. The second-order valence-corrected chi connectivity index (χ2v) is 8.83. The number of unbranched alkanes of at least 4 members (excludes halogenated alkanes) is 1. The molecule has 3 aromatic rings. The molecule has 0 aliphatic rings. The van der Waals surface area contributed by atoms with E-state index in [1.165, 1.54) is 4.57 Å². The van der Waals surface area contributed by atoms with Crippen LogP contribution in [0.3, 0.4) is 0 Å². The number of hydrogen-bond acceptors (Lipinski definition) is 6. The molecule has 0 bridgehead atoms. The molecule has 171 valence electrons. The number of benzene rings is 1. The van der Waals surface area contributed by atoms with Crippen molar-refractivity contribution in [2.75, 3.05) is 27.8 Å². The van der Waals surface area contributed by atoms with Crippen LogP contribution in [0.1, 0.15) is 30.2 Å². The van der Waals surface area contributed by atoms with Gasteiger partial charge in [0.05, 0.1) is 30.9 Å². The van der Waals surface area contributed by atoms with E-state index >= 15 is 0 Å². The highest BCUT2D eigenvalue weighted by Gasteiger charge is 2.29. The maximum atomic E-state index is 13.5. The number of aromatic nitrogens is 3. The molecule has 0 saturated carbocycles. The Kier molecular flexibility index (Phi) is 7.63. The zero-order valence-corrected chi connectivity index (χ0v) is 20.2. The number of hydrogen-bond donors (Lipinski definition) is 0. The van der Waals surface area contributed by atoms with Gasteiger partial charge in [0.15, 0.2) is 5.75 Å². The van der Waals surface area contributed by atoms with Gasteiger partial charge in [-0.05, 0) is 32.4 Å². The van der Waals surface area contributed by atoms with Crippen molar-refractivity contribution in [1.29, 1.82) is 0 Å². The second-order valence-electron chi connectivity index (χ2n) is 7.48. The van der Waals surface area contributed by atoms with Crippen LogP contribution in [0, 0.1) is 20.3 Å². The number of methoxy groups -OCH3 is 2. The minimum absolute atomic E-state index is 0.112. The van der Waals surface area contributed by atoms with Gasteiger partial charge in [-0.2, -0.15) is 4.98 Å². The fraction of sp³-hybridized carbons (Fsp3) is 0.391. The number of pyridine rings is 1. The van der Waals surface area contributed by atoms with Crippen molar-refractivity contribution in [3.8, 4) is 11.5 Å². The summed E-state index contributed by atoms with van der Waals surface area (Å²) in [7, 11) is 4.88. The molecule has 0 spiro atoms. The molecule has 0 saturated heterocycles. The molecule has 3 rings (SSSR count). The van der Waals surface area contributed by atoms with Gasteiger partial charge in [-0.25, -0.2) is 9.36 Å². The first-order valence-corrected chi connectivity index (χ1v) is 11.6. The van der Waals surface area contributed by atoms with E-state index in [0.717, 1.165) is 23.3 Å². The largest absolute Gasteiger partial charge is 0.609 e. The lowest BCUT2D eigenvalue weighted by atomic mass is 10.1. The van der Waals surface area contributed by atoms with Gasteiger partial charge in [0.1, 0.15) is 11.5 Å². The fourth-order valence-corrected chi connectivity index (χ4v) is 4.73. The molecule has 1 aromatic carbocycles. The number of rotatable bonds is 8. The van der Waals surface area contributed by atoms with Crippen molar-refractivity contribution >= 4 is 28.2 Å². The predicted octanol–water partition coefficient (Wildman–Crippen LogP) is 3.89. The van der Waals surface area contributed by atoms with Crippen molar-refractivity contribution < 1.29 is 18.8 Å². The van der Waals surface area contributed by atoms with E-state index in [0.29, 0.717) is 29.0 Å². The lowest BCUT2D eigenvalue weighted by Crippen LogP contribution is -2.34. The maximum absolute atomic E-state index is 13.5. The highest BCUT2D eigenvalue weighted by molar-refractivity contribution is 7.90. The van der Waals surface area contributed by atoms with E-state index in [4.69, 9.17) is 9.47 Å². The van der Waals surface area contributed by atoms with E-state index in [-0.39, 0.29) is 16.9 Å². The first kappa shape index (κ1) is 23.9. The summed E-state index contributed by atoms with van der Waals surface area (Å²) in [4.78, 5) is 23.9. The Morgan fingerprint density at radius 2 is 2.03 bits per heavy atom. The molecule has 0 fully saturated rings. The molecule has 9 heteroatoms. The number of imidazole rings is 1. The first-order valence-electron chi connectivity index (χ1n) is 10.3. The zero-order valence-electron chi connectivity index (χ0n) is 19.3. The van der Waals surface area contributed by atoms with E-state index in [1.807, 2.05) is 27.2 Å². The average Bonchev–Trinajstić information content (AvgIpc) is 3.17. The van der Waals surface area contributed by atoms with Crippen LogP contribution in [0.15, 0.2) is 29.6 Å². The van der Waals surface area contributed by atoms with Crippen LogP contribution in [0.5, 0.6) is 11.5 Å². The Morgan fingerprint density at radius 1 is 1.28 bits per heavy atom. The van der Waals surface area contributed by atoms with Gasteiger partial charge in [-0.15, -0.1) is 0 Å². The van der Waals surface area contributed by atoms with E-state index in [1.54, 1.807) is 50.6 Å². The fourth-order valence-electron chi connectivity index (χ4n) is 3.48. The molecule has 0 unspecified atom stereocenters. The van der Waals surface area contributed by atoms with Crippen molar-refractivity contribution in [2.45, 2.75) is 38.1 Å². The van der Waals surface area contributed by atoms with Crippen LogP contribution in [0.2, 0.25) is 0 Å². The number of nitrogens with zero attached hydrogens (tertiary/aromatic N) is 4. The summed E-state index contributed by atoms with van der Waals surface area (Å²) in [5.41, 5.74) is 3.49. The first-order chi connectivity index (χ1) is 15.3. The molecule has 8 nitrogen and oxygen atoms in total. The molecule has 1 atom stereocenters. The molecule has 2 aromatic heterocycles. The number of fused-ring (bicyclic) bond motifs is 1. The molecule has 2 heterocycles. The van der Waals surface area contributed by atoms with Crippen LogP contribution >= 0.6 is 0 Å². The van der Waals surface area contributed by atoms with Crippen LogP contribution < -0.4 is 9.47 Å². The normalized spacial score (nSPS) is 12.1. The summed E-state index contributed by atoms with van der Waals surface area (Å²) < 4.78 is 25.7. The SMILES string of the molecule is CC[CH]CN(C)C(=O)n1c([S@@+]([O-])Cc2ncc(C)c(OC)c2C)nc2cc(OC)ccc21. The molecule has 32 heavy (non-hydrogen) atoms. The summed E-state index contributed by atoms with van der Waals surface area (Å²) >= 11 is -1.62. The molecular formula is C23H29N4O4S. The smallest absolute Gasteiger partial charge is 0.333 e. The van der Waals surface area contributed by atoms with Gasteiger partial charge in [0, 0.05) is 48.2 Å². The van der Waals surface area contributed by atoms with Crippen molar-refractivity contribution in [2.24, 2.45) is 0 Å². The quantitative estimate of drug-likeness (QED) is 0.477. The molecule has 1 amide bonds. The number of aryl methyl sites for hydroxylation is 1. The van der Waals surface area contributed by atoms with Gasteiger partial charge >= 0.3 is 11.2 Å². The third-order valence-electron chi connectivity index (χ3n) is 5.26. The standard InChI is InChI=1S/C23H29N4O4S/c1-7-8-11-26(4)23(28)27-20-10-9-17(30-5)12-18(20)25-22(27)32(29)14-19-16(3)21(31-6)15(2)13-24-19/h8-10,12-13H,7,11,14H2,1-6H3/t32-/m0/s1. The van der Waals surface area contributed by atoms with Gasteiger partial charge in [-0.3, -0.25) is 4.98 Å². The van der Waals surface area contributed by atoms with Gasteiger partial charge in [0.2, 0.25) is 0 Å². The van der Waals surface area contributed by atoms with E-state index in [2.05, 4.69) is 9.97 Å². The number of carbonyl (C=O) groups excluding carboxylic acids is 1. The van der Waals surface area contributed by atoms with Crippen molar-refractivity contribution in [3.63, 3.8) is 0 Å². The summed E-state index contributed by atoms with van der Waals surface area (Å²) in [5.74, 6) is 1.44. The van der Waals surface area contributed by atoms with Crippen LogP contribution in [0.25, 0.3) is 11.0 Å². The Balaban J connectivity index is 2.05. The minimum atomic E-state index is -1.62. The van der Waals surface area contributed by atoms with Gasteiger partial charge < -0.3 is 18.9 Å². The Bertz CT molecular complexity index is 1120. The second kappa shape index (κ2) is 10.2. The van der Waals surface area contributed by atoms with E-state index in [9.17, 15) is 9.35 Å². The number of carbonyl (C=O) groups is 1. The highest BCUT2D eigenvalue weighted by atomic mass is 32.2. The minimum Gasteiger partial charge on any atom is -0.609 e. The molecular weight excluding hydrogens is 428 g/mol. The zero-order chi connectivity index (χ0) is 23.4. The Morgan fingerprint density at radius 3 is 2.69 bits per heavy atom. The summed E-state index contributed by atoms with van der Waals surface area (Å²) in [5, 5.41) is 0.183. The lowest BCUT2D eigenvalue weighted by molar-refractivity contribution is 0.212. The summed E-state index contributed by atoms with van der Waals surface area (Å²) in [6, 6.07) is 4.96. The van der Waals surface area contributed by atoms with Crippen LogP contribution in [-0.2, 0) is 16.9 Å². The van der Waals surface area contributed by atoms with Crippen molar-refractivity contribution in [1.82, 2.24) is 19.4 Å².